The van der Waals surface area contributed by atoms with Gasteiger partial charge in [-0.15, -0.1) is 0 Å². The van der Waals surface area contributed by atoms with E-state index in [0.717, 1.165) is 0 Å². The van der Waals surface area contributed by atoms with Crippen LogP contribution in [0.5, 0.6) is 11.5 Å². The molecule has 0 heterocycles. The van der Waals surface area contributed by atoms with Crippen LogP contribution < -0.4 is 4.74 Å². The van der Waals surface area contributed by atoms with Crippen LogP contribution in [0.4, 0.5) is 0 Å². The highest BCUT2D eigenvalue weighted by atomic mass is 16.5. The Morgan fingerprint density at radius 2 is 2.19 bits per heavy atom. The van der Waals surface area contributed by atoms with Crippen LogP contribution in [0.3, 0.4) is 0 Å². The number of hydrogen-bond donors (Lipinski definition) is 3. The molecule has 0 saturated carbocycles. The number of ether oxygens (including phenoxy) is 1. The van der Waals surface area contributed by atoms with Gasteiger partial charge in [-0.05, 0) is 19.1 Å². The number of rotatable bonds is 4. The second-order valence-corrected chi connectivity index (χ2v) is 3.05. The zero-order valence-electron chi connectivity index (χ0n) is 8.54. The van der Waals surface area contributed by atoms with Crippen molar-refractivity contribution in [1.82, 2.24) is 0 Å². The standard InChI is InChI=1S/C10H11NO5/c1-6(11-15)8-3-2-7(4-9(8)12)16-5-10(13)14/h2-4,12,15H,5H2,1H3,(H,13,14)/b11-6+. The first-order valence-corrected chi connectivity index (χ1v) is 4.41. The largest absolute Gasteiger partial charge is 0.507 e. The van der Waals surface area contributed by atoms with Crippen LogP contribution in [0.1, 0.15) is 12.5 Å². The van der Waals surface area contributed by atoms with Crippen molar-refractivity contribution in [2.45, 2.75) is 6.92 Å². The maximum absolute atomic E-state index is 10.2. The molecule has 0 unspecified atom stereocenters. The Morgan fingerprint density at radius 3 is 2.69 bits per heavy atom. The maximum atomic E-state index is 10.2. The topological polar surface area (TPSA) is 99.4 Å². The number of oxime groups is 1. The summed E-state index contributed by atoms with van der Waals surface area (Å²) in [4.78, 5) is 10.2. The van der Waals surface area contributed by atoms with Crippen molar-refractivity contribution in [2.75, 3.05) is 6.61 Å². The van der Waals surface area contributed by atoms with E-state index in [9.17, 15) is 9.90 Å². The molecule has 0 fully saturated rings. The summed E-state index contributed by atoms with van der Waals surface area (Å²) in [7, 11) is 0. The van der Waals surface area contributed by atoms with Crippen LogP contribution >= 0.6 is 0 Å². The van der Waals surface area contributed by atoms with Gasteiger partial charge in [-0.2, -0.15) is 0 Å². The summed E-state index contributed by atoms with van der Waals surface area (Å²) in [6.07, 6.45) is 0. The lowest BCUT2D eigenvalue weighted by Gasteiger charge is -2.06. The Bertz CT molecular complexity index is 427. The molecular formula is C10H11NO5. The van der Waals surface area contributed by atoms with Crippen molar-refractivity contribution in [1.29, 1.82) is 0 Å². The molecule has 0 aliphatic rings. The molecular weight excluding hydrogens is 214 g/mol. The molecule has 6 nitrogen and oxygen atoms in total. The molecule has 0 radical (unpaired) electrons. The first-order chi connectivity index (χ1) is 7.54. The monoisotopic (exact) mass is 225 g/mol. The molecule has 0 amide bonds. The minimum atomic E-state index is -1.10. The molecule has 0 spiro atoms. The molecule has 0 bridgehead atoms. The van der Waals surface area contributed by atoms with Crippen molar-refractivity contribution in [3.63, 3.8) is 0 Å². The summed E-state index contributed by atoms with van der Waals surface area (Å²) in [5.74, 6) is -1.01. The summed E-state index contributed by atoms with van der Waals surface area (Å²) >= 11 is 0. The van der Waals surface area contributed by atoms with Crippen molar-refractivity contribution in [3.05, 3.63) is 23.8 Å². The van der Waals surface area contributed by atoms with Gasteiger partial charge >= 0.3 is 5.97 Å². The first kappa shape index (κ1) is 11.8. The number of carboxylic acids is 1. The zero-order chi connectivity index (χ0) is 12.1. The number of phenolic OH excluding ortho intramolecular Hbond substituents is 1. The van der Waals surface area contributed by atoms with Gasteiger partial charge in [-0.1, -0.05) is 5.16 Å². The van der Waals surface area contributed by atoms with Crippen LogP contribution in [0.25, 0.3) is 0 Å². The Balaban J connectivity index is 2.87. The van der Waals surface area contributed by atoms with Crippen molar-refractivity contribution in [3.8, 4) is 11.5 Å². The molecule has 3 N–H and O–H groups in total. The van der Waals surface area contributed by atoms with Gasteiger partial charge in [-0.25, -0.2) is 4.79 Å². The quantitative estimate of drug-likeness (QED) is 0.404. The fourth-order valence-electron chi connectivity index (χ4n) is 1.11. The Morgan fingerprint density at radius 1 is 1.50 bits per heavy atom. The molecule has 16 heavy (non-hydrogen) atoms. The van der Waals surface area contributed by atoms with E-state index >= 15 is 0 Å². The van der Waals surface area contributed by atoms with E-state index in [4.69, 9.17) is 15.1 Å². The lowest BCUT2D eigenvalue weighted by atomic mass is 10.1. The number of carbonyl (C=O) groups is 1. The average molecular weight is 225 g/mol. The highest BCUT2D eigenvalue weighted by Crippen LogP contribution is 2.24. The highest BCUT2D eigenvalue weighted by Gasteiger charge is 2.07. The predicted molar refractivity (Wildman–Crippen MR) is 55.2 cm³/mol. The Labute approximate surface area is 91.4 Å². The number of aliphatic carboxylic acids is 1. The third-order valence-electron chi connectivity index (χ3n) is 1.87. The van der Waals surface area contributed by atoms with Crippen LogP contribution in [-0.4, -0.2) is 33.7 Å². The van der Waals surface area contributed by atoms with Gasteiger partial charge in [-0.3, -0.25) is 0 Å². The minimum absolute atomic E-state index is 0.141. The third-order valence-corrected chi connectivity index (χ3v) is 1.87. The zero-order valence-corrected chi connectivity index (χ0v) is 8.54. The summed E-state index contributed by atoms with van der Waals surface area (Å²) in [5, 5.41) is 29.4. The Kier molecular flexibility index (Phi) is 3.71. The van der Waals surface area contributed by atoms with Gasteiger partial charge < -0.3 is 20.2 Å². The second-order valence-electron chi connectivity index (χ2n) is 3.05. The predicted octanol–water partition coefficient (Wildman–Crippen LogP) is 1.05. The normalized spacial score (nSPS) is 11.2. The fraction of sp³-hybridized carbons (Fsp3) is 0.200. The van der Waals surface area contributed by atoms with E-state index in [0.29, 0.717) is 5.56 Å². The number of phenols is 1. The molecule has 1 aromatic carbocycles. The smallest absolute Gasteiger partial charge is 0.341 e. The van der Waals surface area contributed by atoms with E-state index in [2.05, 4.69) is 5.16 Å². The molecule has 1 rings (SSSR count). The molecule has 1 aromatic rings. The summed E-state index contributed by atoms with van der Waals surface area (Å²) in [6, 6.07) is 4.21. The van der Waals surface area contributed by atoms with E-state index < -0.39 is 12.6 Å². The van der Waals surface area contributed by atoms with Gasteiger partial charge in [0.15, 0.2) is 6.61 Å². The maximum Gasteiger partial charge on any atom is 0.341 e. The fourth-order valence-corrected chi connectivity index (χ4v) is 1.11. The number of hydrogen-bond acceptors (Lipinski definition) is 5. The molecule has 0 atom stereocenters. The number of aromatic hydroxyl groups is 1. The molecule has 0 aromatic heterocycles. The number of carboxylic acid groups (broad SMARTS) is 1. The van der Waals surface area contributed by atoms with E-state index in [1.54, 1.807) is 0 Å². The molecule has 0 aliphatic carbocycles. The van der Waals surface area contributed by atoms with Crippen LogP contribution in [0.2, 0.25) is 0 Å². The molecule has 6 heteroatoms. The van der Waals surface area contributed by atoms with E-state index in [1.165, 1.54) is 25.1 Å². The summed E-state index contributed by atoms with van der Waals surface area (Å²) in [6.45, 7) is 1.04. The minimum Gasteiger partial charge on any atom is -0.507 e. The van der Waals surface area contributed by atoms with E-state index in [1.807, 2.05) is 0 Å². The van der Waals surface area contributed by atoms with Crippen molar-refractivity contribution < 1.29 is 25.0 Å². The molecule has 86 valence electrons. The Hall–Kier alpha value is -2.24. The SMILES string of the molecule is C/C(=N\O)c1ccc(OCC(=O)O)cc1O. The van der Waals surface area contributed by atoms with Gasteiger partial charge in [0.1, 0.15) is 11.5 Å². The van der Waals surface area contributed by atoms with E-state index in [-0.39, 0.29) is 17.2 Å². The lowest BCUT2D eigenvalue weighted by molar-refractivity contribution is -0.139. The van der Waals surface area contributed by atoms with Gasteiger partial charge in [0.25, 0.3) is 0 Å². The second kappa shape index (κ2) is 5.01. The summed E-state index contributed by atoms with van der Waals surface area (Å²) in [5.41, 5.74) is 0.604. The van der Waals surface area contributed by atoms with Crippen LogP contribution in [-0.2, 0) is 4.79 Å². The molecule has 0 aliphatic heterocycles. The lowest BCUT2D eigenvalue weighted by Crippen LogP contribution is -2.09. The molecule has 0 saturated heterocycles. The number of benzene rings is 1. The van der Waals surface area contributed by atoms with Gasteiger partial charge in [0.2, 0.25) is 0 Å². The highest BCUT2D eigenvalue weighted by molar-refractivity contribution is 6.00. The average Bonchev–Trinajstić information content (AvgIpc) is 2.25. The third kappa shape index (κ3) is 2.88. The summed E-state index contributed by atoms with van der Waals surface area (Å²) < 4.78 is 4.85. The number of nitrogens with zero attached hydrogens (tertiary/aromatic N) is 1. The van der Waals surface area contributed by atoms with Crippen molar-refractivity contribution >= 4 is 11.7 Å². The van der Waals surface area contributed by atoms with Crippen LogP contribution in [0, 0.1) is 0 Å². The van der Waals surface area contributed by atoms with Gasteiger partial charge in [0.05, 0.1) is 5.71 Å². The van der Waals surface area contributed by atoms with Crippen molar-refractivity contribution in [2.24, 2.45) is 5.16 Å². The van der Waals surface area contributed by atoms with Crippen LogP contribution in [0.15, 0.2) is 23.4 Å². The first-order valence-electron chi connectivity index (χ1n) is 4.41. The van der Waals surface area contributed by atoms with Gasteiger partial charge in [0, 0.05) is 11.6 Å².